The SMILES string of the molecule is CN(Cc1ccccc1F)C(CN)Cc1ccccc1. The molecule has 0 radical (unpaired) electrons. The van der Waals surface area contributed by atoms with Gasteiger partial charge in [0.25, 0.3) is 0 Å². The van der Waals surface area contributed by atoms with E-state index in [0.29, 0.717) is 18.7 Å². The third-order valence-electron chi connectivity index (χ3n) is 3.59. The first-order valence-electron chi connectivity index (χ1n) is 6.88. The van der Waals surface area contributed by atoms with Crippen LogP contribution in [0, 0.1) is 5.82 Å². The zero-order valence-electron chi connectivity index (χ0n) is 11.8. The van der Waals surface area contributed by atoms with Crippen LogP contribution in [-0.2, 0) is 13.0 Å². The van der Waals surface area contributed by atoms with Crippen LogP contribution in [0.4, 0.5) is 4.39 Å². The van der Waals surface area contributed by atoms with E-state index in [1.165, 1.54) is 11.6 Å². The lowest BCUT2D eigenvalue weighted by atomic mass is 10.0. The Kier molecular flexibility index (Phi) is 5.27. The Bertz CT molecular complexity index is 528. The van der Waals surface area contributed by atoms with Crippen LogP contribution in [0.1, 0.15) is 11.1 Å². The van der Waals surface area contributed by atoms with Crippen LogP contribution in [0.2, 0.25) is 0 Å². The number of hydrogen-bond acceptors (Lipinski definition) is 2. The van der Waals surface area contributed by atoms with Gasteiger partial charge in [-0.15, -0.1) is 0 Å². The Morgan fingerprint density at radius 1 is 1.05 bits per heavy atom. The Morgan fingerprint density at radius 2 is 1.70 bits per heavy atom. The molecule has 0 saturated carbocycles. The summed E-state index contributed by atoms with van der Waals surface area (Å²) in [5.41, 5.74) is 7.84. The Balaban J connectivity index is 2.02. The van der Waals surface area contributed by atoms with E-state index in [9.17, 15) is 4.39 Å². The number of hydrogen-bond donors (Lipinski definition) is 1. The van der Waals surface area contributed by atoms with Crippen LogP contribution < -0.4 is 5.73 Å². The molecule has 2 nitrogen and oxygen atoms in total. The van der Waals surface area contributed by atoms with Gasteiger partial charge in [-0.1, -0.05) is 48.5 Å². The number of rotatable bonds is 6. The summed E-state index contributed by atoms with van der Waals surface area (Å²) in [7, 11) is 1.99. The number of nitrogens with two attached hydrogens (primary N) is 1. The van der Waals surface area contributed by atoms with Gasteiger partial charge >= 0.3 is 0 Å². The van der Waals surface area contributed by atoms with Crippen molar-refractivity contribution in [2.75, 3.05) is 13.6 Å². The van der Waals surface area contributed by atoms with Gasteiger partial charge in [0.15, 0.2) is 0 Å². The van der Waals surface area contributed by atoms with Gasteiger partial charge in [-0.3, -0.25) is 4.90 Å². The Hall–Kier alpha value is -1.71. The highest BCUT2D eigenvalue weighted by molar-refractivity contribution is 5.18. The summed E-state index contributed by atoms with van der Waals surface area (Å²) in [6, 6.07) is 17.4. The van der Waals surface area contributed by atoms with Gasteiger partial charge < -0.3 is 5.73 Å². The van der Waals surface area contributed by atoms with Gasteiger partial charge in [0, 0.05) is 24.7 Å². The Morgan fingerprint density at radius 3 is 2.35 bits per heavy atom. The second-order valence-electron chi connectivity index (χ2n) is 5.09. The van der Waals surface area contributed by atoms with Crippen molar-refractivity contribution in [3.63, 3.8) is 0 Å². The van der Waals surface area contributed by atoms with Crippen molar-refractivity contribution in [1.82, 2.24) is 4.90 Å². The molecule has 0 aliphatic rings. The highest BCUT2D eigenvalue weighted by Crippen LogP contribution is 2.13. The zero-order chi connectivity index (χ0) is 14.4. The average molecular weight is 272 g/mol. The molecule has 3 heteroatoms. The van der Waals surface area contributed by atoms with E-state index in [0.717, 1.165) is 6.42 Å². The molecule has 1 atom stereocenters. The van der Waals surface area contributed by atoms with Crippen molar-refractivity contribution in [2.24, 2.45) is 5.73 Å². The topological polar surface area (TPSA) is 29.3 Å². The fourth-order valence-electron chi connectivity index (χ4n) is 2.33. The van der Waals surface area contributed by atoms with E-state index in [4.69, 9.17) is 5.73 Å². The smallest absolute Gasteiger partial charge is 0.127 e. The summed E-state index contributed by atoms with van der Waals surface area (Å²) in [5.74, 6) is -0.158. The van der Waals surface area contributed by atoms with Crippen molar-refractivity contribution in [2.45, 2.75) is 19.0 Å². The maximum Gasteiger partial charge on any atom is 0.127 e. The third kappa shape index (κ3) is 3.89. The molecule has 0 aliphatic carbocycles. The highest BCUT2D eigenvalue weighted by atomic mass is 19.1. The van der Waals surface area contributed by atoms with E-state index in [1.807, 2.05) is 37.4 Å². The molecular weight excluding hydrogens is 251 g/mol. The predicted octanol–water partition coefficient (Wildman–Crippen LogP) is 2.83. The molecule has 2 rings (SSSR count). The number of benzene rings is 2. The summed E-state index contributed by atoms with van der Waals surface area (Å²) >= 11 is 0. The van der Waals surface area contributed by atoms with Gasteiger partial charge in [0.1, 0.15) is 5.82 Å². The molecule has 0 saturated heterocycles. The van der Waals surface area contributed by atoms with Crippen molar-refractivity contribution in [3.05, 3.63) is 71.5 Å². The van der Waals surface area contributed by atoms with E-state index >= 15 is 0 Å². The molecule has 0 fully saturated rings. The summed E-state index contributed by atoms with van der Waals surface area (Å²) in [6.07, 6.45) is 0.877. The molecular formula is C17H21FN2. The van der Waals surface area contributed by atoms with E-state index in [2.05, 4.69) is 17.0 Å². The summed E-state index contributed by atoms with van der Waals surface area (Å²) in [4.78, 5) is 2.12. The van der Waals surface area contributed by atoms with Crippen molar-refractivity contribution < 1.29 is 4.39 Å². The van der Waals surface area contributed by atoms with Crippen LogP contribution >= 0.6 is 0 Å². The van der Waals surface area contributed by atoms with Gasteiger partial charge in [-0.25, -0.2) is 4.39 Å². The maximum absolute atomic E-state index is 13.7. The number of likely N-dealkylation sites (N-methyl/N-ethyl adjacent to an activating group) is 1. The lowest BCUT2D eigenvalue weighted by Gasteiger charge is -2.27. The van der Waals surface area contributed by atoms with Crippen LogP contribution in [0.3, 0.4) is 0 Å². The molecule has 0 heterocycles. The molecule has 2 aromatic rings. The van der Waals surface area contributed by atoms with Crippen molar-refractivity contribution in [1.29, 1.82) is 0 Å². The molecule has 1 unspecified atom stereocenters. The first-order chi connectivity index (χ1) is 9.70. The first-order valence-corrected chi connectivity index (χ1v) is 6.88. The predicted molar refractivity (Wildman–Crippen MR) is 80.9 cm³/mol. The summed E-state index contributed by atoms with van der Waals surface area (Å²) in [6.45, 7) is 1.13. The van der Waals surface area contributed by atoms with Gasteiger partial charge in [0.2, 0.25) is 0 Å². The lowest BCUT2D eigenvalue weighted by Crippen LogP contribution is -2.39. The fourth-order valence-corrected chi connectivity index (χ4v) is 2.33. The third-order valence-corrected chi connectivity index (χ3v) is 3.59. The average Bonchev–Trinajstić information content (AvgIpc) is 2.48. The van der Waals surface area contributed by atoms with Crippen molar-refractivity contribution in [3.8, 4) is 0 Å². The lowest BCUT2D eigenvalue weighted by molar-refractivity contribution is 0.234. The molecule has 0 spiro atoms. The molecule has 0 aliphatic heterocycles. The normalized spacial score (nSPS) is 12.6. The van der Waals surface area contributed by atoms with Crippen LogP contribution in [-0.4, -0.2) is 24.5 Å². The minimum atomic E-state index is -0.158. The van der Waals surface area contributed by atoms with Gasteiger partial charge in [-0.2, -0.15) is 0 Å². The molecule has 106 valence electrons. The molecule has 0 amide bonds. The van der Waals surface area contributed by atoms with E-state index < -0.39 is 0 Å². The quantitative estimate of drug-likeness (QED) is 0.876. The fraction of sp³-hybridized carbons (Fsp3) is 0.294. The Labute approximate surface area is 120 Å². The molecule has 2 N–H and O–H groups in total. The second kappa shape index (κ2) is 7.17. The van der Waals surface area contributed by atoms with Gasteiger partial charge in [-0.05, 0) is 25.1 Å². The van der Waals surface area contributed by atoms with Crippen LogP contribution in [0.5, 0.6) is 0 Å². The second-order valence-corrected chi connectivity index (χ2v) is 5.09. The minimum absolute atomic E-state index is 0.158. The number of nitrogens with zero attached hydrogens (tertiary/aromatic N) is 1. The summed E-state index contributed by atoms with van der Waals surface area (Å²) < 4.78 is 13.7. The summed E-state index contributed by atoms with van der Waals surface area (Å²) in [5, 5.41) is 0. The van der Waals surface area contributed by atoms with Gasteiger partial charge in [0.05, 0.1) is 0 Å². The molecule has 0 bridgehead atoms. The minimum Gasteiger partial charge on any atom is -0.329 e. The first kappa shape index (κ1) is 14.7. The highest BCUT2D eigenvalue weighted by Gasteiger charge is 2.15. The monoisotopic (exact) mass is 272 g/mol. The standard InChI is InChI=1S/C17H21FN2/c1-20(13-15-9-5-6-10-17(15)18)16(12-19)11-14-7-3-2-4-8-14/h2-10,16H,11-13,19H2,1H3. The van der Waals surface area contributed by atoms with Crippen LogP contribution in [0.25, 0.3) is 0 Å². The molecule has 2 aromatic carbocycles. The van der Waals surface area contributed by atoms with Crippen LogP contribution in [0.15, 0.2) is 54.6 Å². The number of halogens is 1. The van der Waals surface area contributed by atoms with E-state index in [1.54, 1.807) is 6.07 Å². The maximum atomic E-state index is 13.7. The largest absolute Gasteiger partial charge is 0.329 e. The van der Waals surface area contributed by atoms with E-state index in [-0.39, 0.29) is 11.9 Å². The zero-order valence-corrected chi connectivity index (χ0v) is 11.8. The molecule has 20 heavy (non-hydrogen) atoms. The molecule has 0 aromatic heterocycles. The van der Waals surface area contributed by atoms with Crippen molar-refractivity contribution >= 4 is 0 Å².